The Bertz CT molecular complexity index is 1330. The lowest BCUT2D eigenvalue weighted by Crippen LogP contribution is -2.12. The van der Waals surface area contributed by atoms with Crippen LogP contribution < -0.4 is 0 Å². The van der Waals surface area contributed by atoms with E-state index in [-0.39, 0.29) is 24.1 Å². The van der Waals surface area contributed by atoms with Gasteiger partial charge in [-0.1, -0.05) is 41.6 Å². The van der Waals surface area contributed by atoms with Crippen LogP contribution in [0.25, 0.3) is 11.5 Å². The van der Waals surface area contributed by atoms with E-state index in [1.165, 1.54) is 0 Å². The number of carbonyl (C=O) groups is 1. The zero-order chi connectivity index (χ0) is 24.1. The number of rotatable bonds is 8. The van der Waals surface area contributed by atoms with Crippen molar-refractivity contribution in [3.63, 3.8) is 0 Å². The van der Waals surface area contributed by atoms with Crippen LogP contribution in [0.2, 0.25) is 0 Å². The fourth-order valence-corrected chi connectivity index (χ4v) is 3.95. The fraction of sp³-hybridized carbons (Fsp3) is 0.192. The minimum atomic E-state index is -1.03. The molecule has 8 heteroatoms. The summed E-state index contributed by atoms with van der Waals surface area (Å²) in [5.74, 6) is -0.779. The normalized spacial score (nSPS) is 12.5. The number of aliphatic carboxylic acids is 1. The number of aryl methyl sites for hydroxylation is 2. The molecule has 0 aliphatic heterocycles. The van der Waals surface area contributed by atoms with Crippen molar-refractivity contribution in [1.82, 2.24) is 15.2 Å². The Labute approximate surface area is 196 Å². The summed E-state index contributed by atoms with van der Waals surface area (Å²) in [5.41, 5.74) is 6.21. The molecule has 0 fully saturated rings. The zero-order valence-corrected chi connectivity index (χ0v) is 18.8. The molecule has 2 heterocycles. The van der Waals surface area contributed by atoms with Crippen LogP contribution >= 0.6 is 0 Å². The van der Waals surface area contributed by atoms with Gasteiger partial charge < -0.3 is 14.7 Å². The molecule has 2 N–H and O–H groups in total. The maximum Gasteiger partial charge on any atom is 0.312 e. The summed E-state index contributed by atoms with van der Waals surface area (Å²) in [5, 5.41) is 30.1. The molecule has 0 aliphatic rings. The first kappa shape index (κ1) is 22.8. The number of nitrogens with zero attached hydrogens (tertiary/aromatic N) is 4. The first-order chi connectivity index (χ1) is 16.4. The Kier molecular flexibility index (Phi) is 6.77. The molecule has 0 aliphatic carbocycles. The third kappa shape index (κ3) is 5.17. The Morgan fingerprint density at radius 3 is 2.50 bits per heavy atom. The molecular weight excluding hydrogens is 432 g/mol. The summed E-state index contributed by atoms with van der Waals surface area (Å²) in [6.07, 6.45) is 1.86. The third-order valence-electron chi connectivity index (χ3n) is 5.64. The fourth-order valence-electron chi connectivity index (χ4n) is 3.95. The van der Waals surface area contributed by atoms with Crippen molar-refractivity contribution in [3.8, 4) is 11.5 Å². The predicted molar refractivity (Wildman–Crippen MR) is 126 cm³/mol. The molecule has 0 radical (unpaired) electrons. The average Bonchev–Trinajstić information content (AvgIpc) is 3.28. The zero-order valence-electron chi connectivity index (χ0n) is 18.8. The standard InChI is InChI=1S/C26H24N4O4/c1-16-5-3-4-6-21(16)22(14-23(30-33)20-11-12-27-17(2)13-20)18-7-9-19(10-8-18)26-29-28-24(34-26)15-25(31)32/h3-13,22,33H,14-15H2,1-2H3,(H,31,32)/b30-23+. The number of hydrogen-bond acceptors (Lipinski definition) is 7. The Balaban J connectivity index is 1.67. The molecule has 0 bridgehead atoms. The van der Waals surface area contributed by atoms with Crippen LogP contribution in [0.5, 0.6) is 0 Å². The molecule has 2 aromatic heterocycles. The van der Waals surface area contributed by atoms with Gasteiger partial charge in [-0.3, -0.25) is 9.78 Å². The number of pyridine rings is 1. The lowest BCUT2D eigenvalue weighted by atomic mass is 9.83. The highest BCUT2D eigenvalue weighted by Gasteiger charge is 2.21. The number of carboxylic acid groups (broad SMARTS) is 1. The van der Waals surface area contributed by atoms with E-state index in [0.717, 1.165) is 27.9 Å². The van der Waals surface area contributed by atoms with Crippen molar-refractivity contribution in [2.75, 3.05) is 0 Å². The molecule has 2 aromatic carbocycles. The monoisotopic (exact) mass is 456 g/mol. The highest BCUT2D eigenvalue weighted by atomic mass is 16.4. The molecule has 0 spiro atoms. The topological polar surface area (TPSA) is 122 Å². The van der Waals surface area contributed by atoms with Gasteiger partial charge in [-0.05, 0) is 54.8 Å². The Morgan fingerprint density at radius 1 is 1.06 bits per heavy atom. The summed E-state index contributed by atoms with van der Waals surface area (Å²) in [6, 6.07) is 19.6. The molecule has 4 aromatic rings. The van der Waals surface area contributed by atoms with Crippen molar-refractivity contribution < 1.29 is 19.5 Å². The molecule has 0 saturated heterocycles. The van der Waals surface area contributed by atoms with Crippen LogP contribution in [0.15, 0.2) is 76.4 Å². The van der Waals surface area contributed by atoms with Crippen molar-refractivity contribution in [2.24, 2.45) is 5.16 Å². The van der Waals surface area contributed by atoms with Crippen LogP contribution in [0.1, 0.15) is 46.2 Å². The van der Waals surface area contributed by atoms with Crippen LogP contribution in [0, 0.1) is 13.8 Å². The van der Waals surface area contributed by atoms with E-state index >= 15 is 0 Å². The van der Waals surface area contributed by atoms with Crippen molar-refractivity contribution in [1.29, 1.82) is 0 Å². The summed E-state index contributed by atoms with van der Waals surface area (Å²) in [7, 11) is 0. The van der Waals surface area contributed by atoms with E-state index in [2.05, 4.69) is 39.4 Å². The van der Waals surface area contributed by atoms with Gasteiger partial charge in [0.15, 0.2) is 0 Å². The lowest BCUT2D eigenvalue weighted by Gasteiger charge is -2.21. The lowest BCUT2D eigenvalue weighted by molar-refractivity contribution is -0.136. The van der Waals surface area contributed by atoms with Crippen LogP contribution in [0.3, 0.4) is 0 Å². The second-order valence-corrected chi connectivity index (χ2v) is 8.04. The van der Waals surface area contributed by atoms with Gasteiger partial charge in [0.1, 0.15) is 6.42 Å². The molecule has 1 atom stereocenters. The largest absolute Gasteiger partial charge is 0.481 e. The van der Waals surface area contributed by atoms with E-state index in [4.69, 9.17) is 9.52 Å². The van der Waals surface area contributed by atoms with Gasteiger partial charge in [0.25, 0.3) is 0 Å². The van der Waals surface area contributed by atoms with E-state index in [0.29, 0.717) is 17.7 Å². The minimum Gasteiger partial charge on any atom is -0.481 e. The maximum absolute atomic E-state index is 10.9. The predicted octanol–water partition coefficient (Wildman–Crippen LogP) is 4.78. The molecule has 34 heavy (non-hydrogen) atoms. The number of benzene rings is 2. The van der Waals surface area contributed by atoms with E-state index in [1.807, 2.05) is 55.5 Å². The highest BCUT2D eigenvalue weighted by Crippen LogP contribution is 2.33. The van der Waals surface area contributed by atoms with Gasteiger partial charge in [-0.2, -0.15) is 0 Å². The van der Waals surface area contributed by atoms with Crippen molar-refractivity contribution in [3.05, 3.63) is 101 Å². The SMILES string of the molecule is Cc1cc(/C(CC(c2ccc(-c3nnc(CC(=O)O)o3)cc2)c2ccccc2C)=N/O)ccn1. The van der Waals surface area contributed by atoms with E-state index in [1.54, 1.807) is 6.20 Å². The van der Waals surface area contributed by atoms with Crippen LogP contribution in [0.4, 0.5) is 0 Å². The first-order valence-electron chi connectivity index (χ1n) is 10.8. The average molecular weight is 457 g/mol. The third-order valence-corrected chi connectivity index (χ3v) is 5.64. The number of aromatic nitrogens is 3. The molecule has 1 unspecified atom stereocenters. The number of hydrogen-bond donors (Lipinski definition) is 2. The van der Waals surface area contributed by atoms with Gasteiger partial charge in [0.2, 0.25) is 11.8 Å². The van der Waals surface area contributed by atoms with Crippen LogP contribution in [-0.4, -0.2) is 37.2 Å². The van der Waals surface area contributed by atoms with Gasteiger partial charge in [-0.25, -0.2) is 0 Å². The second kappa shape index (κ2) is 10.1. The Morgan fingerprint density at radius 2 is 1.82 bits per heavy atom. The van der Waals surface area contributed by atoms with E-state index in [9.17, 15) is 10.0 Å². The number of carboxylic acids is 1. The van der Waals surface area contributed by atoms with Gasteiger partial charge in [-0.15, -0.1) is 10.2 Å². The first-order valence-corrected chi connectivity index (χ1v) is 10.8. The molecule has 0 amide bonds. The summed E-state index contributed by atoms with van der Waals surface area (Å²) < 4.78 is 5.47. The molecular formula is C26H24N4O4. The summed E-state index contributed by atoms with van der Waals surface area (Å²) in [4.78, 5) is 15.1. The van der Waals surface area contributed by atoms with Gasteiger partial charge >= 0.3 is 5.97 Å². The smallest absolute Gasteiger partial charge is 0.312 e. The quantitative estimate of drug-likeness (QED) is 0.222. The van der Waals surface area contributed by atoms with E-state index < -0.39 is 5.97 Å². The van der Waals surface area contributed by atoms with Gasteiger partial charge in [0.05, 0.1) is 5.71 Å². The second-order valence-electron chi connectivity index (χ2n) is 8.04. The molecule has 0 saturated carbocycles. The van der Waals surface area contributed by atoms with Crippen molar-refractivity contribution in [2.45, 2.75) is 32.6 Å². The molecule has 4 rings (SSSR count). The number of oxime groups is 1. The minimum absolute atomic E-state index is 0.0563. The summed E-state index contributed by atoms with van der Waals surface area (Å²) >= 11 is 0. The molecule has 172 valence electrons. The molecule has 8 nitrogen and oxygen atoms in total. The maximum atomic E-state index is 10.9. The van der Waals surface area contributed by atoms with Gasteiger partial charge in [0, 0.05) is 35.4 Å². The summed E-state index contributed by atoms with van der Waals surface area (Å²) in [6.45, 7) is 3.96. The van der Waals surface area contributed by atoms with Crippen molar-refractivity contribution >= 4 is 11.7 Å². The highest BCUT2D eigenvalue weighted by molar-refractivity contribution is 6.01. The van der Waals surface area contributed by atoms with Crippen LogP contribution in [-0.2, 0) is 11.2 Å². The Hall–Kier alpha value is -4.33.